The molecule has 1 aromatic heterocycles. The average Bonchev–Trinajstić information content (AvgIpc) is 3.32. The molecule has 120 valence electrons. The summed E-state index contributed by atoms with van der Waals surface area (Å²) in [6.07, 6.45) is 8.76. The van der Waals surface area contributed by atoms with Crippen LogP contribution in [-0.2, 0) is 9.53 Å². The van der Waals surface area contributed by atoms with Gasteiger partial charge in [-0.05, 0) is 48.6 Å². The molecule has 2 aliphatic rings. The number of hydrogen-bond acceptors (Lipinski definition) is 3. The molecular weight excluding hydrogens is 288 g/mol. The number of hydrogen-bond donors (Lipinski definition) is 0. The number of rotatable bonds is 5. The summed E-state index contributed by atoms with van der Waals surface area (Å²) >= 11 is 0. The second kappa shape index (κ2) is 6.19. The summed E-state index contributed by atoms with van der Waals surface area (Å²) in [5, 5.41) is 4.25. The minimum Gasteiger partial charge on any atom is -0.464 e. The van der Waals surface area contributed by atoms with Gasteiger partial charge in [0.1, 0.15) is 0 Å². The van der Waals surface area contributed by atoms with E-state index in [4.69, 9.17) is 4.74 Å². The van der Waals surface area contributed by atoms with E-state index in [-0.39, 0.29) is 5.97 Å². The van der Waals surface area contributed by atoms with Crippen LogP contribution in [0.15, 0.2) is 48.8 Å². The number of aromatic nitrogens is 2. The highest BCUT2D eigenvalue weighted by atomic mass is 16.5. The van der Waals surface area contributed by atoms with Crippen molar-refractivity contribution in [3.8, 4) is 0 Å². The Morgan fingerprint density at radius 3 is 2.74 bits per heavy atom. The highest BCUT2D eigenvalue weighted by Crippen LogP contribution is 2.48. The van der Waals surface area contributed by atoms with Crippen LogP contribution in [0.2, 0.25) is 0 Å². The van der Waals surface area contributed by atoms with Crippen LogP contribution in [0.3, 0.4) is 0 Å². The summed E-state index contributed by atoms with van der Waals surface area (Å²) in [6.45, 7) is 0.560. The molecule has 23 heavy (non-hydrogen) atoms. The largest absolute Gasteiger partial charge is 0.464 e. The summed E-state index contributed by atoms with van der Waals surface area (Å²) in [6, 6.07) is 11.1. The van der Waals surface area contributed by atoms with Gasteiger partial charge >= 0.3 is 5.97 Å². The lowest BCUT2D eigenvalue weighted by molar-refractivity contribution is -0.148. The van der Waals surface area contributed by atoms with Crippen LogP contribution in [0.4, 0.5) is 0 Å². The van der Waals surface area contributed by atoms with Gasteiger partial charge < -0.3 is 4.74 Å². The Hall–Kier alpha value is -2.10. The monoisotopic (exact) mass is 310 g/mol. The van der Waals surface area contributed by atoms with Gasteiger partial charge in [-0.1, -0.05) is 36.8 Å². The molecule has 4 atom stereocenters. The van der Waals surface area contributed by atoms with Crippen molar-refractivity contribution < 1.29 is 9.53 Å². The number of nitrogens with zero attached hydrogens (tertiary/aromatic N) is 2. The van der Waals surface area contributed by atoms with Crippen molar-refractivity contribution in [2.45, 2.75) is 31.7 Å². The van der Waals surface area contributed by atoms with Gasteiger partial charge in [0.25, 0.3) is 0 Å². The van der Waals surface area contributed by atoms with Crippen LogP contribution in [0.5, 0.6) is 0 Å². The minimum atomic E-state index is -0.496. The third-order valence-corrected chi connectivity index (χ3v) is 5.45. The smallest absolute Gasteiger partial charge is 0.335 e. The molecule has 4 heteroatoms. The van der Waals surface area contributed by atoms with Crippen molar-refractivity contribution in [2.75, 3.05) is 6.61 Å². The molecule has 2 aromatic rings. The van der Waals surface area contributed by atoms with Gasteiger partial charge in [0.15, 0.2) is 6.04 Å². The van der Waals surface area contributed by atoms with E-state index in [9.17, 15) is 4.79 Å². The van der Waals surface area contributed by atoms with E-state index in [2.05, 4.69) is 5.10 Å². The van der Waals surface area contributed by atoms with E-state index in [0.717, 1.165) is 17.4 Å². The average molecular weight is 310 g/mol. The van der Waals surface area contributed by atoms with Crippen molar-refractivity contribution in [1.29, 1.82) is 0 Å². The topological polar surface area (TPSA) is 44.1 Å². The van der Waals surface area contributed by atoms with Crippen molar-refractivity contribution in [1.82, 2.24) is 9.78 Å². The lowest BCUT2D eigenvalue weighted by Gasteiger charge is -2.23. The first-order valence-corrected chi connectivity index (χ1v) is 8.52. The fraction of sp³-hybridized carbons (Fsp3) is 0.474. The van der Waals surface area contributed by atoms with Crippen LogP contribution in [0, 0.1) is 17.8 Å². The van der Waals surface area contributed by atoms with Gasteiger partial charge in [0.05, 0.1) is 6.61 Å². The van der Waals surface area contributed by atoms with Crippen LogP contribution in [-0.4, -0.2) is 22.4 Å². The molecule has 2 saturated carbocycles. The molecule has 0 amide bonds. The first-order valence-electron chi connectivity index (χ1n) is 8.52. The molecule has 2 aliphatic carbocycles. The molecule has 0 spiro atoms. The summed E-state index contributed by atoms with van der Waals surface area (Å²) in [5.74, 6) is 2.00. The fourth-order valence-electron chi connectivity index (χ4n) is 4.31. The summed E-state index contributed by atoms with van der Waals surface area (Å²) in [4.78, 5) is 12.7. The quantitative estimate of drug-likeness (QED) is 0.795. The third kappa shape index (κ3) is 2.90. The zero-order chi connectivity index (χ0) is 15.6. The Morgan fingerprint density at radius 2 is 2.09 bits per heavy atom. The lowest BCUT2D eigenvalue weighted by Crippen LogP contribution is -2.27. The highest BCUT2D eigenvalue weighted by Gasteiger charge is 2.40. The second-order valence-electron chi connectivity index (χ2n) is 6.86. The Bertz CT molecular complexity index is 653. The highest BCUT2D eigenvalue weighted by molar-refractivity contribution is 5.78. The number of benzene rings is 1. The van der Waals surface area contributed by atoms with E-state index >= 15 is 0 Å². The molecule has 2 fully saturated rings. The Labute approximate surface area is 136 Å². The van der Waals surface area contributed by atoms with Gasteiger partial charge in [0.2, 0.25) is 0 Å². The SMILES string of the molecule is O=C(OC[C@@H]1C[C@H]2CC[C@H]1C2)[C@H](c1ccccc1)n1cccn1. The third-order valence-electron chi connectivity index (χ3n) is 5.45. The van der Waals surface area contributed by atoms with E-state index in [1.54, 1.807) is 10.9 Å². The summed E-state index contributed by atoms with van der Waals surface area (Å²) in [5.41, 5.74) is 0.911. The predicted octanol–water partition coefficient (Wildman–Crippen LogP) is 3.45. The molecule has 1 aromatic carbocycles. The van der Waals surface area contributed by atoms with Crippen molar-refractivity contribution in [2.24, 2.45) is 17.8 Å². The van der Waals surface area contributed by atoms with E-state index in [1.807, 2.05) is 42.6 Å². The second-order valence-corrected chi connectivity index (χ2v) is 6.86. The maximum absolute atomic E-state index is 12.7. The van der Waals surface area contributed by atoms with E-state index in [1.165, 1.54) is 25.7 Å². The number of esters is 1. The first-order chi connectivity index (χ1) is 11.3. The van der Waals surface area contributed by atoms with Crippen LogP contribution < -0.4 is 0 Å². The standard InChI is InChI=1S/C19H22N2O2/c22-19(23-13-17-12-14-7-8-16(17)11-14)18(21-10-4-9-20-21)15-5-2-1-3-6-15/h1-6,9-10,14,16-18H,7-8,11-13H2/t14-,16-,17-,18-/m0/s1. The molecule has 0 N–H and O–H groups in total. The van der Waals surface area contributed by atoms with Crippen LogP contribution >= 0.6 is 0 Å². The Morgan fingerprint density at radius 1 is 1.22 bits per heavy atom. The van der Waals surface area contributed by atoms with Gasteiger partial charge in [0, 0.05) is 12.4 Å². The van der Waals surface area contributed by atoms with Gasteiger partial charge in [-0.25, -0.2) is 4.79 Å². The zero-order valence-electron chi connectivity index (χ0n) is 13.2. The summed E-state index contributed by atoms with van der Waals surface area (Å²) < 4.78 is 7.40. The Kier molecular flexibility index (Phi) is 3.90. The maximum Gasteiger partial charge on any atom is 0.335 e. The molecule has 2 bridgehead atoms. The van der Waals surface area contributed by atoms with Gasteiger partial charge in [-0.2, -0.15) is 5.10 Å². The molecule has 4 rings (SSSR count). The number of fused-ring (bicyclic) bond motifs is 2. The molecule has 1 heterocycles. The number of ether oxygens (including phenoxy) is 1. The van der Waals surface area contributed by atoms with Crippen molar-refractivity contribution in [3.05, 3.63) is 54.4 Å². The molecule has 4 nitrogen and oxygen atoms in total. The Balaban J connectivity index is 1.47. The van der Waals surface area contributed by atoms with E-state index < -0.39 is 6.04 Å². The van der Waals surface area contributed by atoms with Crippen molar-refractivity contribution in [3.63, 3.8) is 0 Å². The van der Waals surface area contributed by atoms with Gasteiger partial charge in [-0.3, -0.25) is 4.68 Å². The zero-order valence-corrected chi connectivity index (χ0v) is 13.2. The molecule has 0 saturated heterocycles. The molecule has 0 aliphatic heterocycles. The minimum absolute atomic E-state index is 0.206. The van der Waals surface area contributed by atoms with Gasteiger partial charge in [-0.15, -0.1) is 0 Å². The van der Waals surface area contributed by atoms with Crippen LogP contribution in [0.1, 0.15) is 37.3 Å². The molecule has 0 unspecified atom stereocenters. The maximum atomic E-state index is 12.7. The number of carbonyl (C=O) groups is 1. The number of carbonyl (C=O) groups excluding carboxylic acids is 1. The normalized spacial score (nSPS) is 27.0. The van der Waals surface area contributed by atoms with E-state index in [0.29, 0.717) is 12.5 Å². The molecular formula is C19H22N2O2. The lowest BCUT2D eigenvalue weighted by atomic mass is 9.89. The first kappa shape index (κ1) is 14.5. The van der Waals surface area contributed by atoms with Crippen LogP contribution in [0.25, 0.3) is 0 Å². The fourth-order valence-corrected chi connectivity index (χ4v) is 4.31. The van der Waals surface area contributed by atoms with Crippen molar-refractivity contribution >= 4 is 5.97 Å². The molecule has 0 radical (unpaired) electrons. The summed E-state index contributed by atoms with van der Waals surface area (Å²) in [7, 11) is 0. The predicted molar refractivity (Wildman–Crippen MR) is 86.7 cm³/mol.